The third-order valence-electron chi connectivity index (χ3n) is 4.03. The molecule has 0 aromatic heterocycles. The molecule has 0 saturated heterocycles. The van der Waals surface area contributed by atoms with Crippen molar-refractivity contribution in [3.8, 4) is 0 Å². The summed E-state index contributed by atoms with van der Waals surface area (Å²) in [6, 6.07) is 8.75. The van der Waals surface area contributed by atoms with Gasteiger partial charge in [0.1, 0.15) is 5.78 Å². The number of rotatable bonds is 4. The normalized spacial score (nSPS) is 20.7. The van der Waals surface area contributed by atoms with Gasteiger partial charge < -0.3 is 0 Å². The van der Waals surface area contributed by atoms with E-state index < -0.39 is 0 Å². The van der Waals surface area contributed by atoms with Crippen molar-refractivity contribution in [3.05, 3.63) is 35.4 Å². The summed E-state index contributed by atoms with van der Waals surface area (Å²) < 4.78 is 0. The molecule has 0 saturated carbocycles. The molecule has 0 amide bonds. The van der Waals surface area contributed by atoms with Crippen LogP contribution in [0, 0.1) is 5.92 Å². The maximum atomic E-state index is 11.7. The Morgan fingerprint density at radius 2 is 2.18 bits per heavy atom. The molecule has 17 heavy (non-hydrogen) atoms. The van der Waals surface area contributed by atoms with Crippen LogP contribution in [-0.4, -0.2) is 5.78 Å². The molecular formula is C16H22O. The van der Waals surface area contributed by atoms with Gasteiger partial charge in [0.05, 0.1) is 0 Å². The van der Waals surface area contributed by atoms with Gasteiger partial charge in [-0.25, -0.2) is 0 Å². The minimum absolute atomic E-state index is 0.219. The molecule has 1 nitrogen and oxygen atoms in total. The average molecular weight is 230 g/mol. The molecule has 2 unspecified atom stereocenters. The predicted octanol–water partition coefficient (Wildman–Crippen LogP) is 4.11. The van der Waals surface area contributed by atoms with Crippen molar-refractivity contribution in [1.29, 1.82) is 0 Å². The zero-order chi connectivity index (χ0) is 12.3. The van der Waals surface area contributed by atoms with Crippen molar-refractivity contribution in [2.75, 3.05) is 0 Å². The molecule has 0 heterocycles. The largest absolute Gasteiger partial charge is 0.299 e. The van der Waals surface area contributed by atoms with Crippen LogP contribution in [0.5, 0.6) is 0 Å². The minimum atomic E-state index is 0.219. The maximum Gasteiger partial charge on any atom is 0.135 e. The molecule has 1 aromatic rings. The van der Waals surface area contributed by atoms with Crippen molar-refractivity contribution in [3.63, 3.8) is 0 Å². The summed E-state index contributed by atoms with van der Waals surface area (Å²) in [5.74, 6) is 1.23. The molecule has 0 radical (unpaired) electrons. The first kappa shape index (κ1) is 12.3. The molecule has 1 heteroatoms. The molecule has 92 valence electrons. The van der Waals surface area contributed by atoms with Crippen molar-refractivity contribution in [2.24, 2.45) is 5.92 Å². The molecule has 2 rings (SSSR count). The van der Waals surface area contributed by atoms with Gasteiger partial charge >= 0.3 is 0 Å². The topological polar surface area (TPSA) is 17.1 Å². The molecule has 0 N–H and O–H groups in total. The minimum Gasteiger partial charge on any atom is -0.299 e. The van der Waals surface area contributed by atoms with Crippen molar-refractivity contribution < 1.29 is 4.79 Å². The van der Waals surface area contributed by atoms with Gasteiger partial charge in [-0.1, -0.05) is 38.1 Å². The molecule has 1 aliphatic carbocycles. The monoisotopic (exact) mass is 230 g/mol. The van der Waals surface area contributed by atoms with Gasteiger partial charge in [-0.05, 0) is 42.7 Å². The first-order valence-electron chi connectivity index (χ1n) is 6.83. The van der Waals surface area contributed by atoms with Crippen LogP contribution in [0.3, 0.4) is 0 Å². The molecule has 0 aliphatic heterocycles. The van der Waals surface area contributed by atoms with E-state index in [0.29, 0.717) is 18.1 Å². The van der Waals surface area contributed by atoms with Gasteiger partial charge in [0.2, 0.25) is 0 Å². The Morgan fingerprint density at radius 3 is 2.94 bits per heavy atom. The lowest BCUT2D eigenvalue weighted by Gasteiger charge is -2.27. The second-order valence-electron chi connectivity index (χ2n) is 5.24. The standard InChI is InChI=1S/C16H22O/c1-3-16(17)12(2)11-14-9-6-8-13-7-4-5-10-15(13)14/h4-5,7,10,12,14H,3,6,8-9,11H2,1-2H3. The van der Waals surface area contributed by atoms with Gasteiger partial charge in [0, 0.05) is 12.3 Å². The highest BCUT2D eigenvalue weighted by Gasteiger charge is 2.23. The number of Topliss-reactive ketones (excluding diaryl/α,β-unsaturated/α-hetero) is 1. The van der Waals surface area contributed by atoms with Crippen LogP contribution in [0.4, 0.5) is 0 Å². The molecule has 1 aliphatic rings. The second kappa shape index (κ2) is 5.48. The van der Waals surface area contributed by atoms with Crippen LogP contribution in [0.15, 0.2) is 24.3 Å². The summed E-state index contributed by atoms with van der Waals surface area (Å²) in [5.41, 5.74) is 2.99. The van der Waals surface area contributed by atoms with E-state index in [2.05, 4.69) is 31.2 Å². The highest BCUT2D eigenvalue weighted by molar-refractivity contribution is 5.80. The van der Waals surface area contributed by atoms with E-state index in [-0.39, 0.29) is 5.92 Å². The van der Waals surface area contributed by atoms with E-state index in [9.17, 15) is 4.79 Å². The first-order chi connectivity index (χ1) is 8.22. The number of ketones is 1. The predicted molar refractivity (Wildman–Crippen MR) is 71.2 cm³/mol. The van der Waals surface area contributed by atoms with Crippen LogP contribution < -0.4 is 0 Å². The van der Waals surface area contributed by atoms with Gasteiger partial charge in [-0.3, -0.25) is 4.79 Å². The Morgan fingerprint density at radius 1 is 1.41 bits per heavy atom. The fourth-order valence-electron chi connectivity index (χ4n) is 3.01. The highest BCUT2D eigenvalue weighted by atomic mass is 16.1. The summed E-state index contributed by atoms with van der Waals surface area (Å²) in [6.45, 7) is 4.05. The summed E-state index contributed by atoms with van der Waals surface area (Å²) in [6.07, 6.45) is 5.44. The molecule has 0 bridgehead atoms. The van der Waals surface area contributed by atoms with E-state index in [1.54, 1.807) is 0 Å². The average Bonchev–Trinajstić information content (AvgIpc) is 2.38. The van der Waals surface area contributed by atoms with E-state index in [1.165, 1.54) is 30.4 Å². The van der Waals surface area contributed by atoms with Gasteiger partial charge in [0.15, 0.2) is 0 Å². The number of hydrogen-bond donors (Lipinski definition) is 0. The highest BCUT2D eigenvalue weighted by Crippen LogP contribution is 2.36. The lowest BCUT2D eigenvalue weighted by atomic mass is 9.77. The first-order valence-corrected chi connectivity index (χ1v) is 6.83. The Bertz CT molecular complexity index is 394. The van der Waals surface area contributed by atoms with Crippen molar-refractivity contribution >= 4 is 5.78 Å². The number of aryl methyl sites for hydroxylation is 1. The Labute approximate surface area is 104 Å². The fourth-order valence-corrected chi connectivity index (χ4v) is 3.01. The Balaban J connectivity index is 2.11. The number of carbonyl (C=O) groups is 1. The number of fused-ring (bicyclic) bond motifs is 1. The smallest absolute Gasteiger partial charge is 0.135 e. The zero-order valence-electron chi connectivity index (χ0n) is 10.9. The number of carbonyl (C=O) groups excluding carboxylic acids is 1. The van der Waals surface area contributed by atoms with Crippen LogP contribution in [0.25, 0.3) is 0 Å². The number of benzene rings is 1. The SMILES string of the molecule is CCC(=O)C(C)CC1CCCc2ccccc21. The van der Waals surface area contributed by atoms with E-state index >= 15 is 0 Å². The second-order valence-corrected chi connectivity index (χ2v) is 5.24. The molecule has 0 spiro atoms. The Hall–Kier alpha value is -1.11. The zero-order valence-corrected chi connectivity index (χ0v) is 10.9. The quantitative estimate of drug-likeness (QED) is 0.760. The molecule has 2 atom stereocenters. The van der Waals surface area contributed by atoms with E-state index in [0.717, 1.165) is 6.42 Å². The maximum absolute atomic E-state index is 11.7. The summed E-state index contributed by atoms with van der Waals surface area (Å²) >= 11 is 0. The van der Waals surface area contributed by atoms with Gasteiger partial charge in [0.25, 0.3) is 0 Å². The summed E-state index contributed by atoms with van der Waals surface area (Å²) in [7, 11) is 0. The van der Waals surface area contributed by atoms with Crippen molar-refractivity contribution in [2.45, 2.75) is 51.9 Å². The third-order valence-corrected chi connectivity index (χ3v) is 4.03. The van der Waals surface area contributed by atoms with Crippen LogP contribution in [0.1, 0.15) is 56.6 Å². The summed E-state index contributed by atoms with van der Waals surface area (Å²) in [5, 5.41) is 0. The lowest BCUT2D eigenvalue weighted by Crippen LogP contribution is -2.17. The van der Waals surface area contributed by atoms with Gasteiger partial charge in [-0.15, -0.1) is 0 Å². The van der Waals surface area contributed by atoms with Crippen LogP contribution in [0.2, 0.25) is 0 Å². The lowest BCUT2D eigenvalue weighted by molar-refractivity contribution is -0.122. The molecule has 0 fully saturated rings. The Kier molecular flexibility index (Phi) is 3.98. The van der Waals surface area contributed by atoms with E-state index in [4.69, 9.17) is 0 Å². The molecule has 1 aromatic carbocycles. The van der Waals surface area contributed by atoms with Crippen molar-refractivity contribution in [1.82, 2.24) is 0 Å². The van der Waals surface area contributed by atoms with Crippen LogP contribution >= 0.6 is 0 Å². The third kappa shape index (κ3) is 2.77. The van der Waals surface area contributed by atoms with Gasteiger partial charge in [-0.2, -0.15) is 0 Å². The molecular weight excluding hydrogens is 208 g/mol. The van der Waals surface area contributed by atoms with Crippen LogP contribution in [-0.2, 0) is 11.2 Å². The fraction of sp³-hybridized carbons (Fsp3) is 0.562. The number of hydrogen-bond acceptors (Lipinski definition) is 1. The van der Waals surface area contributed by atoms with E-state index in [1.807, 2.05) is 6.92 Å². The summed E-state index contributed by atoms with van der Waals surface area (Å²) in [4.78, 5) is 11.7.